The molecule has 1 aliphatic carbocycles. The molecule has 1 fully saturated rings. The Balaban J connectivity index is 1.29. The molecule has 0 bridgehead atoms. The fourth-order valence-electron chi connectivity index (χ4n) is 4.67. The number of carbonyl (C=O) groups is 2. The van der Waals surface area contributed by atoms with Crippen LogP contribution in [0.25, 0.3) is 0 Å². The first-order chi connectivity index (χ1) is 18.8. The zero-order chi connectivity index (χ0) is 27.7. The third kappa shape index (κ3) is 8.40. The number of rotatable bonds is 10. The molecule has 1 atom stereocenters. The van der Waals surface area contributed by atoms with Gasteiger partial charge < -0.3 is 15.4 Å². The summed E-state index contributed by atoms with van der Waals surface area (Å²) in [4.78, 5) is 25.7. The average Bonchev–Trinajstić information content (AvgIpc) is 2.95. The second-order valence-corrected chi connectivity index (χ2v) is 11.6. The van der Waals surface area contributed by atoms with Crippen LogP contribution >= 0.6 is 0 Å². The first-order valence-corrected chi connectivity index (χ1v) is 14.7. The zero-order valence-electron chi connectivity index (χ0n) is 22.0. The van der Waals surface area contributed by atoms with Gasteiger partial charge in [-0.05, 0) is 55.9 Å². The van der Waals surface area contributed by atoms with Crippen LogP contribution in [0.4, 0.5) is 4.79 Å². The van der Waals surface area contributed by atoms with Crippen molar-refractivity contribution in [1.29, 1.82) is 0 Å². The summed E-state index contributed by atoms with van der Waals surface area (Å²) in [6.45, 7) is 2.24. The monoisotopic (exact) mass is 549 g/mol. The van der Waals surface area contributed by atoms with Crippen molar-refractivity contribution in [1.82, 2.24) is 15.4 Å². The highest BCUT2D eigenvalue weighted by Crippen LogP contribution is 2.27. The molecule has 0 unspecified atom stereocenters. The first-order valence-electron chi connectivity index (χ1n) is 13.2. The highest BCUT2D eigenvalue weighted by atomic mass is 32.2. The van der Waals surface area contributed by atoms with Crippen molar-refractivity contribution in [2.75, 3.05) is 6.54 Å². The maximum atomic E-state index is 13.2. The summed E-state index contributed by atoms with van der Waals surface area (Å²) >= 11 is 0. The van der Waals surface area contributed by atoms with Gasteiger partial charge >= 0.3 is 6.09 Å². The Labute approximate surface area is 230 Å². The third-order valence-electron chi connectivity index (χ3n) is 6.93. The highest BCUT2D eigenvalue weighted by Gasteiger charge is 2.30. The minimum Gasteiger partial charge on any atom is -0.445 e. The van der Waals surface area contributed by atoms with Crippen LogP contribution < -0.4 is 15.4 Å². The molecule has 0 heterocycles. The average molecular weight is 550 g/mol. The van der Waals surface area contributed by atoms with E-state index >= 15 is 0 Å². The van der Waals surface area contributed by atoms with Crippen molar-refractivity contribution >= 4 is 22.0 Å². The lowest BCUT2D eigenvalue weighted by atomic mass is 9.85. The Hall–Kier alpha value is -3.69. The van der Waals surface area contributed by atoms with Crippen LogP contribution in [-0.2, 0) is 26.2 Å². The van der Waals surface area contributed by atoms with Crippen LogP contribution in [0.5, 0.6) is 0 Å². The van der Waals surface area contributed by atoms with Gasteiger partial charge in [0.05, 0.1) is 10.9 Å². The van der Waals surface area contributed by atoms with Crippen molar-refractivity contribution in [3.63, 3.8) is 0 Å². The normalized spacial score (nSPS) is 18.1. The van der Waals surface area contributed by atoms with E-state index in [1.807, 2.05) is 67.6 Å². The van der Waals surface area contributed by atoms with Crippen molar-refractivity contribution in [2.45, 2.75) is 56.2 Å². The SMILES string of the molecule is Cc1ccc(S(=O)(=O)NC2CCC(C(=O)N[C@H](CNC(=O)OCc3ccccc3)c3ccccc3)CC2)cc1. The van der Waals surface area contributed by atoms with Gasteiger partial charge in [0.15, 0.2) is 0 Å². The number of ether oxygens (including phenoxy) is 1. The Kier molecular flexibility index (Phi) is 9.73. The lowest BCUT2D eigenvalue weighted by Crippen LogP contribution is -2.43. The summed E-state index contributed by atoms with van der Waals surface area (Å²) in [6.07, 6.45) is 1.73. The van der Waals surface area contributed by atoms with Crippen LogP contribution in [0.1, 0.15) is 48.4 Å². The molecule has 8 nitrogen and oxygen atoms in total. The van der Waals surface area contributed by atoms with Crippen LogP contribution in [0, 0.1) is 12.8 Å². The van der Waals surface area contributed by atoms with Gasteiger partial charge in [-0.3, -0.25) is 4.79 Å². The van der Waals surface area contributed by atoms with Crippen molar-refractivity contribution in [3.05, 3.63) is 102 Å². The van der Waals surface area contributed by atoms with Crippen LogP contribution in [0.3, 0.4) is 0 Å². The van der Waals surface area contributed by atoms with Gasteiger partial charge in [-0.1, -0.05) is 78.4 Å². The number of alkyl carbamates (subject to hydrolysis) is 1. The van der Waals surface area contributed by atoms with Gasteiger partial charge in [0.2, 0.25) is 15.9 Å². The predicted octanol–water partition coefficient (Wildman–Crippen LogP) is 4.62. The fourth-order valence-corrected chi connectivity index (χ4v) is 5.97. The van der Waals surface area contributed by atoms with Gasteiger partial charge in [-0.25, -0.2) is 17.9 Å². The van der Waals surface area contributed by atoms with E-state index in [1.54, 1.807) is 24.3 Å². The molecule has 206 valence electrons. The van der Waals surface area contributed by atoms with Gasteiger partial charge in [0, 0.05) is 18.5 Å². The van der Waals surface area contributed by atoms with E-state index in [4.69, 9.17) is 4.74 Å². The lowest BCUT2D eigenvalue weighted by molar-refractivity contribution is -0.126. The largest absolute Gasteiger partial charge is 0.445 e. The van der Waals surface area contributed by atoms with E-state index in [-0.39, 0.29) is 35.9 Å². The molecule has 39 heavy (non-hydrogen) atoms. The van der Waals surface area contributed by atoms with Gasteiger partial charge in [-0.2, -0.15) is 0 Å². The summed E-state index contributed by atoms with van der Waals surface area (Å²) in [6, 6.07) is 25.0. The van der Waals surface area contributed by atoms with Crippen LogP contribution in [-0.4, -0.2) is 33.0 Å². The molecule has 0 radical (unpaired) electrons. The minimum absolute atomic E-state index is 0.108. The molecule has 0 saturated heterocycles. The first kappa shape index (κ1) is 28.3. The smallest absolute Gasteiger partial charge is 0.407 e. The maximum absolute atomic E-state index is 13.2. The topological polar surface area (TPSA) is 114 Å². The molecule has 2 amide bonds. The van der Waals surface area contributed by atoms with Crippen molar-refractivity contribution in [3.8, 4) is 0 Å². The lowest BCUT2D eigenvalue weighted by Gasteiger charge is -2.30. The van der Waals surface area contributed by atoms with Gasteiger partial charge in [-0.15, -0.1) is 0 Å². The summed E-state index contributed by atoms with van der Waals surface area (Å²) < 4.78 is 33.6. The van der Waals surface area contributed by atoms with E-state index in [1.165, 1.54) is 0 Å². The Morgan fingerprint density at radius 1 is 0.872 bits per heavy atom. The van der Waals surface area contributed by atoms with E-state index in [9.17, 15) is 18.0 Å². The summed E-state index contributed by atoms with van der Waals surface area (Å²) in [7, 11) is -3.61. The van der Waals surface area contributed by atoms with E-state index in [0.717, 1.165) is 16.7 Å². The molecule has 0 aliphatic heterocycles. The third-order valence-corrected chi connectivity index (χ3v) is 8.47. The van der Waals surface area contributed by atoms with E-state index in [0.29, 0.717) is 25.7 Å². The molecule has 4 rings (SSSR count). The number of benzene rings is 3. The molecule has 1 aliphatic rings. The summed E-state index contributed by atoms with van der Waals surface area (Å²) in [5, 5.41) is 5.84. The second-order valence-electron chi connectivity index (χ2n) is 9.90. The number of carbonyl (C=O) groups excluding carboxylic acids is 2. The Morgan fingerprint density at radius 3 is 2.13 bits per heavy atom. The molecule has 0 spiro atoms. The maximum Gasteiger partial charge on any atom is 0.407 e. The molecule has 0 aromatic heterocycles. The van der Waals surface area contributed by atoms with Gasteiger partial charge in [0.1, 0.15) is 6.61 Å². The number of aryl methyl sites for hydroxylation is 1. The van der Waals surface area contributed by atoms with Crippen molar-refractivity contribution in [2.24, 2.45) is 5.92 Å². The highest BCUT2D eigenvalue weighted by molar-refractivity contribution is 7.89. The Bertz CT molecular complexity index is 1320. The molecule has 3 N–H and O–H groups in total. The number of hydrogen-bond donors (Lipinski definition) is 3. The number of sulfonamides is 1. The van der Waals surface area contributed by atoms with E-state index in [2.05, 4.69) is 15.4 Å². The number of hydrogen-bond acceptors (Lipinski definition) is 5. The van der Waals surface area contributed by atoms with E-state index < -0.39 is 22.2 Å². The molecule has 9 heteroatoms. The van der Waals surface area contributed by atoms with Crippen LogP contribution in [0.2, 0.25) is 0 Å². The number of amides is 2. The minimum atomic E-state index is -3.61. The summed E-state index contributed by atoms with van der Waals surface area (Å²) in [5.41, 5.74) is 2.75. The fraction of sp³-hybridized carbons (Fsp3) is 0.333. The molecule has 3 aromatic carbocycles. The molecular weight excluding hydrogens is 514 g/mol. The van der Waals surface area contributed by atoms with Crippen LogP contribution in [0.15, 0.2) is 89.8 Å². The van der Waals surface area contributed by atoms with Gasteiger partial charge in [0.25, 0.3) is 0 Å². The molecule has 3 aromatic rings. The molecule has 1 saturated carbocycles. The predicted molar refractivity (Wildman–Crippen MR) is 149 cm³/mol. The molecular formula is C30H35N3O5S. The quantitative estimate of drug-likeness (QED) is 0.342. The van der Waals surface area contributed by atoms with Crippen molar-refractivity contribution < 1.29 is 22.7 Å². The zero-order valence-corrected chi connectivity index (χ0v) is 22.8. The second kappa shape index (κ2) is 13.4. The summed E-state index contributed by atoms with van der Waals surface area (Å²) in [5.74, 6) is -0.343. The number of nitrogens with one attached hydrogen (secondary N) is 3. The Morgan fingerprint density at radius 2 is 1.49 bits per heavy atom. The standard InChI is InChI=1S/C30H35N3O5S/c1-22-12-18-27(19-13-22)39(36,37)33-26-16-14-25(15-17-26)29(34)32-28(24-10-6-3-7-11-24)20-31-30(35)38-21-23-8-4-2-5-9-23/h2-13,18-19,25-26,28,33H,14-17,20-21H2,1H3,(H,31,35)(H,32,34)/t25?,26?,28-/m1/s1.